The maximum atomic E-state index is 12.4. The van der Waals surface area contributed by atoms with Crippen LogP contribution in [0.25, 0.3) is 0 Å². The van der Waals surface area contributed by atoms with E-state index in [1.165, 1.54) is 4.88 Å². The maximum Gasteiger partial charge on any atom is 0.178 e. The second-order valence-electron chi connectivity index (χ2n) is 5.09. The largest absolute Gasteiger partial charge is 0.296 e. The molecule has 1 heterocycles. The van der Waals surface area contributed by atoms with Crippen LogP contribution in [0.15, 0.2) is 35.7 Å². The molecule has 0 saturated carbocycles. The Kier molecular flexibility index (Phi) is 5.82. The molecular formula is C16H17Cl2NOS. The highest BCUT2D eigenvalue weighted by Crippen LogP contribution is 2.22. The van der Waals surface area contributed by atoms with Crippen LogP contribution in [-0.4, -0.2) is 30.3 Å². The summed E-state index contributed by atoms with van der Waals surface area (Å²) >= 11 is 13.7. The van der Waals surface area contributed by atoms with Crippen molar-refractivity contribution in [2.45, 2.75) is 19.4 Å². The van der Waals surface area contributed by atoms with Gasteiger partial charge in [-0.2, -0.15) is 0 Å². The molecular weight excluding hydrogens is 325 g/mol. The molecule has 1 aromatic heterocycles. The number of thiophene rings is 1. The van der Waals surface area contributed by atoms with E-state index in [-0.39, 0.29) is 11.8 Å². The normalized spacial score (nSPS) is 12.6. The van der Waals surface area contributed by atoms with Gasteiger partial charge >= 0.3 is 0 Å². The lowest BCUT2D eigenvalue weighted by Crippen LogP contribution is -2.35. The van der Waals surface area contributed by atoms with Crippen molar-refractivity contribution in [1.29, 1.82) is 0 Å². The lowest BCUT2D eigenvalue weighted by atomic mass is 10.1. The fraction of sp³-hybridized carbons (Fsp3) is 0.312. The molecule has 0 aliphatic heterocycles. The predicted molar refractivity (Wildman–Crippen MR) is 90.9 cm³/mol. The van der Waals surface area contributed by atoms with Crippen molar-refractivity contribution in [3.8, 4) is 0 Å². The zero-order valence-electron chi connectivity index (χ0n) is 12.0. The third-order valence-electron chi connectivity index (χ3n) is 3.45. The van der Waals surface area contributed by atoms with Gasteiger partial charge in [0.05, 0.1) is 11.6 Å². The summed E-state index contributed by atoms with van der Waals surface area (Å²) < 4.78 is 0. The molecule has 0 aliphatic rings. The quantitative estimate of drug-likeness (QED) is 0.703. The van der Waals surface area contributed by atoms with E-state index in [0.29, 0.717) is 22.2 Å². The summed E-state index contributed by atoms with van der Waals surface area (Å²) in [6.07, 6.45) is 0.935. The first-order valence-corrected chi connectivity index (χ1v) is 8.32. The maximum absolute atomic E-state index is 12.4. The van der Waals surface area contributed by atoms with Gasteiger partial charge in [0.1, 0.15) is 0 Å². The number of rotatable bonds is 6. The highest BCUT2D eigenvalue weighted by atomic mass is 35.5. The van der Waals surface area contributed by atoms with Crippen LogP contribution in [0, 0.1) is 0 Å². The standard InChI is InChI=1S/C16H17Cl2NOS/c1-11(8-13-4-3-7-21-13)19(2)10-16(20)14-9-12(17)5-6-15(14)18/h3-7,9,11H,8,10H2,1-2H3. The van der Waals surface area contributed by atoms with Crippen LogP contribution < -0.4 is 0 Å². The van der Waals surface area contributed by atoms with Gasteiger partial charge in [-0.3, -0.25) is 9.69 Å². The Balaban J connectivity index is 1.99. The molecule has 112 valence electrons. The molecule has 2 aromatic rings. The number of hydrogen-bond donors (Lipinski definition) is 0. The molecule has 1 atom stereocenters. The number of likely N-dealkylation sites (N-methyl/N-ethyl adjacent to an activating group) is 1. The van der Waals surface area contributed by atoms with Crippen molar-refractivity contribution in [3.63, 3.8) is 0 Å². The minimum Gasteiger partial charge on any atom is -0.296 e. The van der Waals surface area contributed by atoms with E-state index in [1.54, 1.807) is 29.5 Å². The highest BCUT2D eigenvalue weighted by molar-refractivity contribution is 7.09. The summed E-state index contributed by atoms with van der Waals surface area (Å²) in [5, 5.41) is 3.04. The van der Waals surface area contributed by atoms with Gasteiger partial charge in [-0.1, -0.05) is 29.3 Å². The van der Waals surface area contributed by atoms with E-state index in [1.807, 2.05) is 18.0 Å². The van der Waals surface area contributed by atoms with Crippen molar-refractivity contribution in [2.24, 2.45) is 0 Å². The molecule has 0 fully saturated rings. The van der Waals surface area contributed by atoms with Gasteiger partial charge in [0.15, 0.2) is 5.78 Å². The third kappa shape index (κ3) is 4.55. The third-order valence-corrected chi connectivity index (χ3v) is 4.91. The fourth-order valence-electron chi connectivity index (χ4n) is 2.05. The van der Waals surface area contributed by atoms with Gasteiger partial charge in [0.2, 0.25) is 0 Å². The van der Waals surface area contributed by atoms with Crippen LogP contribution >= 0.6 is 34.5 Å². The average molecular weight is 342 g/mol. The zero-order chi connectivity index (χ0) is 15.4. The van der Waals surface area contributed by atoms with Gasteiger partial charge < -0.3 is 0 Å². The molecule has 2 nitrogen and oxygen atoms in total. The molecule has 0 amide bonds. The summed E-state index contributed by atoms with van der Waals surface area (Å²) in [5.41, 5.74) is 0.486. The van der Waals surface area contributed by atoms with Gasteiger partial charge in [-0.25, -0.2) is 0 Å². The summed E-state index contributed by atoms with van der Waals surface area (Å²) in [5.74, 6) is -0.0111. The van der Waals surface area contributed by atoms with Gasteiger partial charge in [0.25, 0.3) is 0 Å². The predicted octanol–water partition coefficient (Wildman–Crippen LogP) is 4.80. The van der Waals surface area contributed by atoms with Crippen LogP contribution in [0.4, 0.5) is 0 Å². The molecule has 0 N–H and O–H groups in total. The van der Waals surface area contributed by atoms with Crippen molar-refractivity contribution in [1.82, 2.24) is 4.90 Å². The molecule has 5 heteroatoms. The average Bonchev–Trinajstić information content (AvgIpc) is 2.94. The lowest BCUT2D eigenvalue weighted by molar-refractivity contribution is 0.0925. The first-order valence-electron chi connectivity index (χ1n) is 6.68. The minimum absolute atomic E-state index is 0.0111. The SMILES string of the molecule is CC(Cc1cccs1)N(C)CC(=O)c1cc(Cl)ccc1Cl. The van der Waals surface area contributed by atoms with Crippen LogP contribution in [0.2, 0.25) is 10.0 Å². The number of ketones is 1. The van der Waals surface area contributed by atoms with Crippen LogP contribution in [0.3, 0.4) is 0 Å². The minimum atomic E-state index is -0.0111. The fourth-order valence-corrected chi connectivity index (χ4v) is 3.28. The lowest BCUT2D eigenvalue weighted by Gasteiger charge is -2.23. The number of Topliss-reactive ketones (excluding diaryl/α,β-unsaturated/α-hetero) is 1. The Hall–Kier alpha value is -0.870. The number of hydrogen-bond acceptors (Lipinski definition) is 3. The number of benzene rings is 1. The van der Waals surface area contributed by atoms with Crippen LogP contribution in [0.5, 0.6) is 0 Å². The Bertz CT molecular complexity index is 613. The molecule has 1 unspecified atom stereocenters. The second-order valence-corrected chi connectivity index (χ2v) is 6.97. The van der Waals surface area contributed by atoms with E-state index in [0.717, 1.165) is 6.42 Å². The van der Waals surface area contributed by atoms with Gasteiger partial charge in [-0.15, -0.1) is 11.3 Å². The molecule has 1 aromatic carbocycles. The smallest absolute Gasteiger partial charge is 0.178 e. The molecule has 0 aliphatic carbocycles. The Morgan fingerprint density at radius 1 is 1.33 bits per heavy atom. The van der Waals surface area contributed by atoms with Crippen LogP contribution in [0.1, 0.15) is 22.2 Å². The van der Waals surface area contributed by atoms with Crippen molar-refractivity contribution >= 4 is 40.3 Å². The second kappa shape index (κ2) is 7.41. The van der Waals surface area contributed by atoms with Crippen molar-refractivity contribution < 1.29 is 4.79 Å². The Morgan fingerprint density at radius 3 is 2.76 bits per heavy atom. The molecule has 21 heavy (non-hydrogen) atoms. The Labute approximate surface area is 139 Å². The molecule has 0 spiro atoms. The van der Waals surface area contributed by atoms with Gasteiger partial charge in [-0.05, 0) is 50.0 Å². The monoisotopic (exact) mass is 341 g/mol. The van der Waals surface area contributed by atoms with Crippen LogP contribution in [-0.2, 0) is 6.42 Å². The summed E-state index contributed by atoms with van der Waals surface area (Å²) in [7, 11) is 1.95. The topological polar surface area (TPSA) is 20.3 Å². The van der Waals surface area contributed by atoms with E-state index in [2.05, 4.69) is 18.4 Å². The summed E-state index contributed by atoms with van der Waals surface area (Å²) in [6.45, 7) is 2.44. The van der Waals surface area contributed by atoms with Crippen molar-refractivity contribution in [2.75, 3.05) is 13.6 Å². The van der Waals surface area contributed by atoms with Gasteiger partial charge in [0, 0.05) is 21.5 Å². The molecule has 0 radical (unpaired) electrons. The van der Waals surface area contributed by atoms with E-state index in [4.69, 9.17) is 23.2 Å². The number of halogens is 2. The molecule has 2 rings (SSSR count). The first-order chi connectivity index (χ1) is 9.97. The van der Waals surface area contributed by atoms with E-state index < -0.39 is 0 Å². The number of carbonyl (C=O) groups is 1. The highest BCUT2D eigenvalue weighted by Gasteiger charge is 2.17. The van der Waals surface area contributed by atoms with Crippen molar-refractivity contribution in [3.05, 3.63) is 56.2 Å². The first kappa shape index (κ1) is 16.5. The Morgan fingerprint density at radius 2 is 2.10 bits per heavy atom. The molecule has 0 saturated heterocycles. The van der Waals surface area contributed by atoms with E-state index in [9.17, 15) is 4.79 Å². The summed E-state index contributed by atoms with van der Waals surface area (Å²) in [4.78, 5) is 15.7. The number of nitrogens with zero attached hydrogens (tertiary/aromatic N) is 1. The number of carbonyl (C=O) groups excluding carboxylic acids is 1. The van der Waals surface area contributed by atoms with E-state index >= 15 is 0 Å². The summed E-state index contributed by atoms with van der Waals surface area (Å²) in [6, 6.07) is 9.42. The zero-order valence-corrected chi connectivity index (χ0v) is 14.3. The molecule has 0 bridgehead atoms.